The van der Waals surface area contributed by atoms with E-state index in [1.807, 2.05) is 32.0 Å². The maximum atomic E-state index is 13.3. The van der Waals surface area contributed by atoms with Gasteiger partial charge in [-0.15, -0.1) is 0 Å². The second kappa shape index (κ2) is 9.76. The fourth-order valence-corrected chi connectivity index (χ4v) is 5.20. The van der Waals surface area contributed by atoms with Gasteiger partial charge >= 0.3 is 5.69 Å². The zero-order valence-electron chi connectivity index (χ0n) is 20.7. The van der Waals surface area contributed by atoms with Crippen LogP contribution in [0.15, 0.2) is 58.1 Å². The standard InChI is InChI=1S/C28H32N4O4/c1-17(2)32-24-14-13-20(15-22(24)27(35)31(28(32)36)16-18-11-12-18)29-26(34)21-9-6-10-23(21)30-25(33)19-7-4-3-5-8-19/h3-5,7-8,13-15,17-18,21,23H,6,9-12,16H2,1-2H3,(H,29,34)(H,30,33)/t21-,23?/m1/s1. The molecule has 1 aromatic heterocycles. The molecule has 2 atom stereocenters. The van der Waals surface area contributed by atoms with Crippen molar-refractivity contribution in [1.29, 1.82) is 0 Å². The number of nitrogens with zero attached hydrogens (tertiary/aromatic N) is 2. The Kier molecular flexibility index (Phi) is 6.51. The summed E-state index contributed by atoms with van der Waals surface area (Å²) >= 11 is 0. The van der Waals surface area contributed by atoms with Gasteiger partial charge in [0.05, 0.1) is 16.8 Å². The molecule has 8 nitrogen and oxygen atoms in total. The third-order valence-electron chi connectivity index (χ3n) is 7.30. The van der Waals surface area contributed by atoms with E-state index in [-0.39, 0.29) is 41.1 Å². The molecule has 3 aromatic rings. The van der Waals surface area contributed by atoms with Crippen molar-refractivity contribution in [2.75, 3.05) is 5.32 Å². The van der Waals surface area contributed by atoms with Crippen LogP contribution in [0.2, 0.25) is 0 Å². The molecule has 1 heterocycles. The Morgan fingerprint density at radius 3 is 2.44 bits per heavy atom. The highest BCUT2D eigenvalue weighted by molar-refractivity contribution is 5.97. The van der Waals surface area contributed by atoms with Gasteiger partial charge in [0.25, 0.3) is 11.5 Å². The lowest BCUT2D eigenvalue weighted by molar-refractivity contribution is -0.120. The van der Waals surface area contributed by atoms with E-state index >= 15 is 0 Å². The third kappa shape index (κ3) is 4.72. The minimum absolute atomic E-state index is 0.112. The van der Waals surface area contributed by atoms with Gasteiger partial charge in [0, 0.05) is 29.9 Å². The van der Waals surface area contributed by atoms with Gasteiger partial charge in [-0.1, -0.05) is 24.6 Å². The molecule has 5 rings (SSSR count). The molecule has 2 amide bonds. The fourth-order valence-electron chi connectivity index (χ4n) is 5.20. The molecule has 0 spiro atoms. The monoisotopic (exact) mass is 488 g/mol. The maximum absolute atomic E-state index is 13.3. The molecule has 0 saturated heterocycles. The van der Waals surface area contributed by atoms with Crippen molar-refractivity contribution in [3.8, 4) is 0 Å². The number of hydrogen-bond acceptors (Lipinski definition) is 4. The van der Waals surface area contributed by atoms with E-state index in [2.05, 4.69) is 10.6 Å². The van der Waals surface area contributed by atoms with E-state index in [0.29, 0.717) is 41.0 Å². The average molecular weight is 489 g/mol. The Hall–Kier alpha value is -3.68. The molecule has 2 fully saturated rings. The Labute approximate surface area is 209 Å². The van der Waals surface area contributed by atoms with Crippen molar-refractivity contribution in [2.24, 2.45) is 11.8 Å². The molecule has 0 aliphatic heterocycles. The number of carbonyl (C=O) groups excluding carboxylic acids is 2. The van der Waals surface area contributed by atoms with Crippen LogP contribution in [0.3, 0.4) is 0 Å². The highest BCUT2D eigenvalue weighted by atomic mass is 16.2. The van der Waals surface area contributed by atoms with Crippen LogP contribution in [0, 0.1) is 11.8 Å². The van der Waals surface area contributed by atoms with Gasteiger partial charge < -0.3 is 10.6 Å². The Bertz CT molecular complexity index is 1420. The Morgan fingerprint density at radius 2 is 1.75 bits per heavy atom. The van der Waals surface area contributed by atoms with Crippen LogP contribution in [0.5, 0.6) is 0 Å². The van der Waals surface area contributed by atoms with Crippen molar-refractivity contribution in [3.05, 3.63) is 74.9 Å². The summed E-state index contributed by atoms with van der Waals surface area (Å²) in [7, 11) is 0. The molecule has 36 heavy (non-hydrogen) atoms. The number of fused-ring (bicyclic) bond motifs is 1. The third-order valence-corrected chi connectivity index (χ3v) is 7.30. The average Bonchev–Trinajstić information content (AvgIpc) is 3.57. The Morgan fingerprint density at radius 1 is 1.00 bits per heavy atom. The number of anilines is 1. The fraction of sp³-hybridized carbons (Fsp3) is 0.429. The number of nitrogens with one attached hydrogen (secondary N) is 2. The summed E-state index contributed by atoms with van der Waals surface area (Å²) in [5, 5.41) is 6.39. The first kappa shape index (κ1) is 24.0. The summed E-state index contributed by atoms with van der Waals surface area (Å²) in [6.07, 6.45) is 4.33. The molecule has 0 bridgehead atoms. The molecule has 1 unspecified atom stereocenters. The molecule has 2 N–H and O–H groups in total. The van der Waals surface area contributed by atoms with Gasteiger partial charge in [-0.2, -0.15) is 0 Å². The maximum Gasteiger partial charge on any atom is 0.331 e. The normalized spacial score (nSPS) is 19.5. The number of amides is 2. The molecule has 0 radical (unpaired) electrons. The van der Waals surface area contributed by atoms with Gasteiger partial charge in [-0.25, -0.2) is 4.79 Å². The van der Waals surface area contributed by atoms with Crippen LogP contribution in [0.4, 0.5) is 5.69 Å². The van der Waals surface area contributed by atoms with Crippen LogP contribution in [0.1, 0.15) is 62.4 Å². The van der Waals surface area contributed by atoms with Crippen LogP contribution < -0.4 is 21.9 Å². The first-order valence-corrected chi connectivity index (χ1v) is 12.8. The molecule has 2 aromatic carbocycles. The second-order valence-corrected chi connectivity index (χ2v) is 10.3. The number of benzene rings is 2. The van der Waals surface area contributed by atoms with Gasteiger partial charge in [0.15, 0.2) is 0 Å². The zero-order chi connectivity index (χ0) is 25.4. The van der Waals surface area contributed by atoms with E-state index in [9.17, 15) is 19.2 Å². The van der Waals surface area contributed by atoms with Crippen molar-refractivity contribution in [2.45, 2.75) is 64.6 Å². The number of carbonyl (C=O) groups is 2. The number of rotatable bonds is 7. The summed E-state index contributed by atoms with van der Waals surface area (Å²) in [4.78, 5) is 52.2. The minimum Gasteiger partial charge on any atom is -0.349 e. The van der Waals surface area contributed by atoms with Gasteiger partial charge in [-0.3, -0.25) is 23.5 Å². The summed E-state index contributed by atoms with van der Waals surface area (Å²) < 4.78 is 2.99. The minimum atomic E-state index is -0.357. The predicted molar refractivity (Wildman–Crippen MR) is 139 cm³/mol. The van der Waals surface area contributed by atoms with Gasteiger partial charge in [-0.05, 0) is 75.8 Å². The SMILES string of the molecule is CC(C)n1c(=O)n(CC2CC2)c(=O)c2cc(NC(=O)[C@@H]3CCCC3NC(=O)c3ccccc3)ccc21. The van der Waals surface area contributed by atoms with Gasteiger partial charge in [0.1, 0.15) is 0 Å². The molecule has 2 aliphatic carbocycles. The predicted octanol–water partition coefficient (Wildman–Crippen LogP) is 3.69. The van der Waals surface area contributed by atoms with E-state index in [1.54, 1.807) is 34.9 Å². The smallest absolute Gasteiger partial charge is 0.331 e. The van der Waals surface area contributed by atoms with E-state index in [1.165, 1.54) is 4.57 Å². The molecular weight excluding hydrogens is 456 g/mol. The van der Waals surface area contributed by atoms with Crippen molar-refractivity contribution in [3.63, 3.8) is 0 Å². The first-order valence-electron chi connectivity index (χ1n) is 12.8. The molecular formula is C28H32N4O4. The zero-order valence-corrected chi connectivity index (χ0v) is 20.7. The topological polar surface area (TPSA) is 102 Å². The second-order valence-electron chi connectivity index (χ2n) is 10.3. The van der Waals surface area contributed by atoms with Crippen LogP contribution in [-0.4, -0.2) is 27.0 Å². The number of hydrogen-bond donors (Lipinski definition) is 2. The van der Waals surface area contributed by atoms with Crippen molar-refractivity contribution < 1.29 is 9.59 Å². The molecule has 8 heteroatoms. The van der Waals surface area contributed by atoms with E-state index in [4.69, 9.17) is 0 Å². The van der Waals surface area contributed by atoms with Gasteiger partial charge in [0.2, 0.25) is 5.91 Å². The highest BCUT2D eigenvalue weighted by Gasteiger charge is 2.34. The van der Waals surface area contributed by atoms with E-state index < -0.39 is 0 Å². The quantitative estimate of drug-likeness (QED) is 0.530. The summed E-state index contributed by atoms with van der Waals surface area (Å²) in [6, 6.07) is 13.8. The lowest BCUT2D eigenvalue weighted by Crippen LogP contribution is -2.42. The lowest BCUT2D eigenvalue weighted by Gasteiger charge is -2.21. The highest BCUT2D eigenvalue weighted by Crippen LogP contribution is 2.30. The molecule has 188 valence electrons. The summed E-state index contributed by atoms with van der Waals surface area (Å²) in [5.74, 6) is -0.346. The summed E-state index contributed by atoms with van der Waals surface area (Å²) in [5.41, 5.74) is 1.05. The molecule has 2 aliphatic rings. The number of aromatic nitrogens is 2. The van der Waals surface area contributed by atoms with Crippen molar-refractivity contribution >= 4 is 28.4 Å². The van der Waals surface area contributed by atoms with Crippen molar-refractivity contribution in [1.82, 2.24) is 14.5 Å². The largest absolute Gasteiger partial charge is 0.349 e. The van der Waals surface area contributed by atoms with Crippen LogP contribution in [0.25, 0.3) is 10.9 Å². The van der Waals surface area contributed by atoms with Crippen LogP contribution in [-0.2, 0) is 11.3 Å². The summed E-state index contributed by atoms with van der Waals surface area (Å²) in [6.45, 7) is 4.28. The Balaban J connectivity index is 1.39. The lowest BCUT2D eigenvalue weighted by atomic mass is 10.0. The molecule has 2 saturated carbocycles. The van der Waals surface area contributed by atoms with Crippen LogP contribution >= 0.6 is 0 Å². The van der Waals surface area contributed by atoms with E-state index in [0.717, 1.165) is 25.7 Å². The first-order chi connectivity index (χ1) is 17.3.